The van der Waals surface area contributed by atoms with Gasteiger partial charge in [-0.15, -0.1) is 11.3 Å². The van der Waals surface area contributed by atoms with Gasteiger partial charge in [0, 0.05) is 44.3 Å². The Hall–Kier alpha value is -2.61. The summed E-state index contributed by atoms with van der Waals surface area (Å²) in [7, 11) is 0. The Balaban J connectivity index is 1.45. The van der Waals surface area contributed by atoms with E-state index in [1.165, 1.54) is 0 Å². The van der Waals surface area contributed by atoms with Gasteiger partial charge in [0.05, 0.1) is 12.2 Å². The molecule has 2 aromatic rings. The maximum atomic E-state index is 13.4. The minimum Gasteiger partial charge on any atom is -0.493 e. The molecule has 1 aromatic heterocycles. The summed E-state index contributed by atoms with van der Waals surface area (Å²) in [5, 5.41) is 2.99. The Morgan fingerprint density at radius 2 is 2.00 bits per heavy atom. The van der Waals surface area contributed by atoms with Crippen LogP contribution in [0, 0.1) is 0 Å². The Morgan fingerprint density at radius 3 is 2.80 bits per heavy atom. The van der Waals surface area contributed by atoms with Crippen molar-refractivity contribution in [2.24, 2.45) is 0 Å². The van der Waals surface area contributed by atoms with Crippen molar-refractivity contribution in [3.63, 3.8) is 0 Å². The van der Waals surface area contributed by atoms with Crippen LogP contribution in [0.5, 0.6) is 5.75 Å². The number of thiazole rings is 1. The molecule has 1 unspecified atom stereocenters. The molecule has 1 aromatic carbocycles. The highest BCUT2D eigenvalue weighted by molar-refractivity contribution is 7.13. The van der Waals surface area contributed by atoms with Gasteiger partial charge in [0.2, 0.25) is 5.91 Å². The first-order chi connectivity index (χ1) is 14.7. The van der Waals surface area contributed by atoms with Crippen molar-refractivity contribution in [1.29, 1.82) is 0 Å². The normalized spacial score (nSPS) is 19.6. The van der Waals surface area contributed by atoms with Crippen LogP contribution in [0.3, 0.4) is 0 Å². The van der Waals surface area contributed by atoms with E-state index in [1.807, 2.05) is 41.6 Å². The molecule has 0 saturated carbocycles. The summed E-state index contributed by atoms with van der Waals surface area (Å²) in [4.78, 5) is 37.0. The second-order valence-corrected chi connectivity index (χ2v) is 8.44. The Labute approximate surface area is 181 Å². The molecule has 0 aliphatic carbocycles. The molecule has 3 heterocycles. The minimum absolute atomic E-state index is 0.0655. The second-order valence-electron chi connectivity index (χ2n) is 7.57. The standard InChI is InChI=1S/C22H28N4O3S/c1-2-29-19-9-4-3-7-17(19)20(27)26-13-5-8-18(26)21(28)24-11-6-12-25(15-14-24)22-23-10-16-30-22/h3-4,7,9-10,16,18H,2,5-6,8,11-15H2,1H3. The van der Waals surface area contributed by atoms with Crippen LogP contribution in [-0.2, 0) is 4.79 Å². The zero-order chi connectivity index (χ0) is 20.9. The summed E-state index contributed by atoms with van der Waals surface area (Å²) in [6.07, 6.45) is 4.28. The molecule has 0 spiro atoms. The first-order valence-electron chi connectivity index (χ1n) is 10.6. The van der Waals surface area contributed by atoms with E-state index in [0.717, 1.165) is 37.6 Å². The van der Waals surface area contributed by atoms with E-state index < -0.39 is 6.04 Å². The number of ether oxygens (including phenoxy) is 1. The predicted molar refractivity (Wildman–Crippen MR) is 117 cm³/mol. The first-order valence-corrected chi connectivity index (χ1v) is 11.5. The van der Waals surface area contributed by atoms with E-state index in [9.17, 15) is 9.59 Å². The fourth-order valence-electron chi connectivity index (χ4n) is 4.26. The third-order valence-electron chi connectivity index (χ3n) is 5.71. The zero-order valence-electron chi connectivity index (χ0n) is 17.3. The van der Waals surface area contributed by atoms with Crippen LogP contribution in [0.15, 0.2) is 35.8 Å². The van der Waals surface area contributed by atoms with Gasteiger partial charge in [-0.25, -0.2) is 4.98 Å². The molecule has 2 saturated heterocycles. The number of hydrogen-bond donors (Lipinski definition) is 0. The molecule has 2 aliphatic rings. The maximum absolute atomic E-state index is 13.4. The topological polar surface area (TPSA) is 66.0 Å². The van der Waals surface area contributed by atoms with Crippen molar-refractivity contribution >= 4 is 28.3 Å². The number of carbonyl (C=O) groups is 2. The molecule has 0 N–H and O–H groups in total. The van der Waals surface area contributed by atoms with Crippen LogP contribution in [-0.4, -0.2) is 72.0 Å². The fraction of sp³-hybridized carbons (Fsp3) is 0.500. The van der Waals surface area contributed by atoms with Gasteiger partial charge in [-0.2, -0.15) is 0 Å². The molecule has 30 heavy (non-hydrogen) atoms. The number of likely N-dealkylation sites (tertiary alicyclic amines) is 1. The maximum Gasteiger partial charge on any atom is 0.258 e. The van der Waals surface area contributed by atoms with Crippen molar-refractivity contribution in [2.45, 2.75) is 32.2 Å². The molecule has 0 radical (unpaired) electrons. The van der Waals surface area contributed by atoms with Crippen molar-refractivity contribution in [2.75, 3.05) is 44.2 Å². The van der Waals surface area contributed by atoms with Gasteiger partial charge in [-0.05, 0) is 38.3 Å². The van der Waals surface area contributed by atoms with Gasteiger partial charge in [-0.3, -0.25) is 9.59 Å². The summed E-state index contributed by atoms with van der Waals surface area (Å²) in [5.41, 5.74) is 0.532. The third-order valence-corrected chi connectivity index (χ3v) is 6.55. The van der Waals surface area contributed by atoms with E-state index in [4.69, 9.17) is 4.74 Å². The largest absolute Gasteiger partial charge is 0.493 e. The molecule has 7 nitrogen and oxygen atoms in total. The van der Waals surface area contributed by atoms with E-state index >= 15 is 0 Å². The van der Waals surface area contributed by atoms with Gasteiger partial charge in [0.25, 0.3) is 5.91 Å². The molecule has 2 fully saturated rings. The molecular weight excluding hydrogens is 400 g/mol. The number of aromatic nitrogens is 1. The van der Waals surface area contributed by atoms with E-state index in [1.54, 1.807) is 22.3 Å². The van der Waals surface area contributed by atoms with E-state index in [0.29, 0.717) is 37.4 Å². The number of rotatable bonds is 5. The van der Waals surface area contributed by atoms with E-state index in [2.05, 4.69) is 9.88 Å². The number of hydrogen-bond acceptors (Lipinski definition) is 6. The van der Waals surface area contributed by atoms with Crippen molar-refractivity contribution in [3.8, 4) is 5.75 Å². The van der Waals surface area contributed by atoms with E-state index in [-0.39, 0.29) is 11.8 Å². The average molecular weight is 429 g/mol. The van der Waals surface area contributed by atoms with Crippen molar-refractivity contribution in [1.82, 2.24) is 14.8 Å². The van der Waals surface area contributed by atoms with Gasteiger partial charge in [0.15, 0.2) is 5.13 Å². The fourth-order valence-corrected chi connectivity index (χ4v) is 4.95. The lowest BCUT2D eigenvalue weighted by Crippen LogP contribution is -2.48. The Bertz CT molecular complexity index is 873. The van der Waals surface area contributed by atoms with Gasteiger partial charge in [-0.1, -0.05) is 12.1 Å². The molecule has 1 atom stereocenters. The number of carbonyl (C=O) groups excluding carboxylic acids is 2. The molecule has 0 bridgehead atoms. The lowest BCUT2D eigenvalue weighted by atomic mass is 10.1. The number of para-hydroxylation sites is 1. The molecular formula is C22H28N4O3S. The zero-order valence-corrected chi connectivity index (χ0v) is 18.1. The van der Waals surface area contributed by atoms with Gasteiger partial charge in [0.1, 0.15) is 11.8 Å². The predicted octanol–water partition coefficient (Wildman–Crippen LogP) is 2.89. The lowest BCUT2D eigenvalue weighted by Gasteiger charge is -2.30. The smallest absolute Gasteiger partial charge is 0.258 e. The van der Waals surface area contributed by atoms with Crippen LogP contribution in [0.4, 0.5) is 5.13 Å². The van der Waals surface area contributed by atoms with Crippen LogP contribution in [0.1, 0.15) is 36.5 Å². The highest BCUT2D eigenvalue weighted by Gasteiger charge is 2.38. The summed E-state index contributed by atoms with van der Waals surface area (Å²) < 4.78 is 5.64. The SMILES string of the molecule is CCOc1ccccc1C(=O)N1CCCC1C(=O)N1CCCN(c2nccs2)CC1. The Kier molecular flexibility index (Phi) is 6.52. The average Bonchev–Trinajstić information content (AvgIpc) is 3.42. The summed E-state index contributed by atoms with van der Waals surface area (Å²) in [5.74, 6) is 0.529. The van der Waals surface area contributed by atoms with Crippen LogP contribution in [0.2, 0.25) is 0 Å². The quantitative estimate of drug-likeness (QED) is 0.733. The number of nitrogens with zero attached hydrogens (tertiary/aromatic N) is 4. The summed E-state index contributed by atoms with van der Waals surface area (Å²) in [6, 6.07) is 6.90. The van der Waals surface area contributed by atoms with Gasteiger partial charge < -0.3 is 19.4 Å². The summed E-state index contributed by atoms with van der Waals surface area (Å²) in [6.45, 7) is 6.04. The van der Waals surface area contributed by atoms with Crippen LogP contribution >= 0.6 is 11.3 Å². The number of anilines is 1. The highest BCUT2D eigenvalue weighted by atomic mass is 32.1. The summed E-state index contributed by atoms with van der Waals surface area (Å²) >= 11 is 1.63. The first kappa shape index (κ1) is 20.7. The van der Waals surface area contributed by atoms with Crippen molar-refractivity contribution < 1.29 is 14.3 Å². The van der Waals surface area contributed by atoms with Crippen molar-refractivity contribution in [3.05, 3.63) is 41.4 Å². The molecule has 160 valence electrons. The Morgan fingerprint density at radius 1 is 1.13 bits per heavy atom. The van der Waals surface area contributed by atoms with Crippen LogP contribution < -0.4 is 9.64 Å². The van der Waals surface area contributed by atoms with Gasteiger partial charge >= 0.3 is 0 Å². The number of benzene rings is 1. The minimum atomic E-state index is -0.390. The number of amides is 2. The molecule has 2 aliphatic heterocycles. The third kappa shape index (κ3) is 4.28. The second kappa shape index (κ2) is 9.47. The monoisotopic (exact) mass is 428 g/mol. The lowest BCUT2D eigenvalue weighted by molar-refractivity contribution is -0.135. The van der Waals surface area contributed by atoms with Crippen LogP contribution in [0.25, 0.3) is 0 Å². The molecule has 8 heteroatoms. The molecule has 2 amide bonds. The molecule has 4 rings (SSSR count). The highest BCUT2D eigenvalue weighted by Crippen LogP contribution is 2.27.